The molecule has 1 fully saturated rings. The number of amides is 1. The highest BCUT2D eigenvalue weighted by atomic mass is 16.5. The van der Waals surface area contributed by atoms with Crippen molar-refractivity contribution in [2.45, 2.75) is 38.1 Å². The van der Waals surface area contributed by atoms with Crippen molar-refractivity contribution < 1.29 is 14.3 Å². The maximum Gasteiger partial charge on any atom is 0.339 e. The van der Waals surface area contributed by atoms with Crippen LogP contribution in [-0.4, -0.2) is 25.5 Å². The van der Waals surface area contributed by atoms with E-state index in [9.17, 15) is 9.59 Å². The van der Waals surface area contributed by atoms with Gasteiger partial charge >= 0.3 is 5.97 Å². The van der Waals surface area contributed by atoms with Crippen molar-refractivity contribution in [1.82, 2.24) is 5.32 Å². The van der Waals surface area contributed by atoms with E-state index < -0.39 is 5.97 Å². The number of esters is 1. The lowest BCUT2D eigenvalue weighted by atomic mass is 9.81. The number of rotatable bonds is 8. The first-order chi connectivity index (χ1) is 17.5. The maximum atomic E-state index is 13.3. The average molecular weight is 486 g/mol. The molecule has 188 valence electrons. The summed E-state index contributed by atoms with van der Waals surface area (Å²) in [7, 11) is 1.34. The topological polar surface area (TPSA) is 107 Å². The molecule has 1 aliphatic carbocycles. The second-order valence-corrected chi connectivity index (χ2v) is 9.62. The number of methoxy groups -OCH3 is 1. The van der Waals surface area contributed by atoms with Gasteiger partial charge in [-0.1, -0.05) is 54.6 Å². The molecule has 1 aliphatic rings. The lowest BCUT2D eigenvalue weighted by molar-refractivity contribution is -0.127. The molecule has 0 aliphatic heterocycles. The molecular weight excluding hydrogens is 450 g/mol. The fraction of sp³-hybridized carbons (Fsp3) is 0.333. The van der Waals surface area contributed by atoms with Crippen molar-refractivity contribution in [3.8, 4) is 11.1 Å². The van der Waals surface area contributed by atoms with E-state index in [4.69, 9.17) is 16.2 Å². The van der Waals surface area contributed by atoms with Crippen molar-refractivity contribution in [2.24, 2.45) is 17.6 Å². The molecule has 0 radical (unpaired) electrons. The Morgan fingerprint density at radius 1 is 0.944 bits per heavy atom. The summed E-state index contributed by atoms with van der Waals surface area (Å²) in [5, 5.41) is 3.35. The first kappa shape index (κ1) is 25.5. The maximum absolute atomic E-state index is 13.3. The van der Waals surface area contributed by atoms with Crippen molar-refractivity contribution in [2.75, 3.05) is 19.4 Å². The third-order valence-corrected chi connectivity index (χ3v) is 7.23. The first-order valence-corrected chi connectivity index (χ1v) is 12.6. The predicted molar refractivity (Wildman–Crippen MR) is 143 cm³/mol. The molecular formula is C30H35N3O3. The number of hydrogen-bond acceptors (Lipinski definition) is 5. The van der Waals surface area contributed by atoms with Crippen molar-refractivity contribution in [3.63, 3.8) is 0 Å². The Balaban J connectivity index is 1.61. The van der Waals surface area contributed by atoms with Gasteiger partial charge in [-0.3, -0.25) is 4.79 Å². The van der Waals surface area contributed by atoms with E-state index >= 15 is 0 Å². The van der Waals surface area contributed by atoms with E-state index in [1.54, 1.807) is 12.1 Å². The number of ether oxygens (including phenoxy) is 1. The predicted octanol–water partition coefficient (Wildman–Crippen LogP) is 4.89. The first-order valence-electron chi connectivity index (χ1n) is 12.6. The molecule has 1 atom stereocenters. The Hall–Kier alpha value is -3.64. The van der Waals surface area contributed by atoms with Crippen LogP contribution in [0.5, 0.6) is 0 Å². The number of carbonyl (C=O) groups is 2. The second-order valence-electron chi connectivity index (χ2n) is 9.62. The van der Waals surface area contributed by atoms with Crippen LogP contribution < -0.4 is 16.8 Å². The Morgan fingerprint density at radius 2 is 1.67 bits per heavy atom. The van der Waals surface area contributed by atoms with E-state index in [1.165, 1.54) is 7.11 Å². The highest BCUT2D eigenvalue weighted by Gasteiger charge is 2.27. The minimum absolute atomic E-state index is 0.0222. The Labute approximate surface area is 213 Å². The number of nitrogen functional groups attached to an aromatic ring is 1. The van der Waals surface area contributed by atoms with Crippen LogP contribution in [0.4, 0.5) is 5.69 Å². The molecule has 3 aromatic rings. The third-order valence-electron chi connectivity index (χ3n) is 7.23. The van der Waals surface area contributed by atoms with E-state index in [1.807, 2.05) is 42.5 Å². The molecule has 3 aromatic carbocycles. The summed E-state index contributed by atoms with van der Waals surface area (Å²) < 4.78 is 4.88. The number of nitrogens with two attached hydrogens (primary N) is 2. The molecule has 5 N–H and O–H groups in total. The minimum Gasteiger partial charge on any atom is -0.465 e. The summed E-state index contributed by atoms with van der Waals surface area (Å²) in [6.45, 7) is 0.695. The normalized spacial score (nSPS) is 18.3. The van der Waals surface area contributed by atoms with Gasteiger partial charge in [0.1, 0.15) is 0 Å². The Bertz CT molecular complexity index is 1190. The van der Waals surface area contributed by atoms with Crippen molar-refractivity contribution in [3.05, 3.63) is 89.5 Å². The SMILES string of the molecule is COC(=O)c1cc(-c2cccc(C(Cc3ccccc3)NC(=O)C3CCC(CN)CC3)c2)ccc1N. The molecule has 0 heterocycles. The molecule has 6 heteroatoms. The zero-order valence-corrected chi connectivity index (χ0v) is 20.8. The van der Waals surface area contributed by atoms with Crippen molar-refractivity contribution >= 4 is 17.6 Å². The Morgan fingerprint density at radius 3 is 2.36 bits per heavy atom. The second kappa shape index (κ2) is 11.9. The summed E-state index contributed by atoms with van der Waals surface area (Å²) in [4.78, 5) is 25.5. The van der Waals surface area contributed by atoms with Crippen LogP contribution in [0.2, 0.25) is 0 Å². The summed E-state index contributed by atoms with van der Waals surface area (Å²) >= 11 is 0. The monoisotopic (exact) mass is 485 g/mol. The highest BCUT2D eigenvalue weighted by molar-refractivity contribution is 5.96. The van der Waals surface area contributed by atoms with Gasteiger partial charge in [0.05, 0.1) is 18.7 Å². The third kappa shape index (κ3) is 6.13. The van der Waals surface area contributed by atoms with Crippen LogP contribution in [0.25, 0.3) is 11.1 Å². The number of anilines is 1. The molecule has 4 rings (SSSR count). The zero-order valence-electron chi connectivity index (χ0n) is 20.8. The number of nitrogens with one attached hydrogen (secondary N) is 1. The largest absolute Gasteiger partial charge is 0.465 e. The molecule has 0 aromatic heterocycles. The fourth-order valence-corrected chi connectivity index (χ4v) is 5.01. The summed E-state index contributed by atoms with van der Waals surface area (Å²) in [6, 6.07) is 23.5. The van der Waals surface area contributed by atoms with Gasteiger partial charge in [0.15, 0.2) is 0 Å². The summed E-state index contributed by atoms with van der Waals surface area (Å²) in [5.74, 6) is 0.191. The zero-order chi connectivity index (χ0) is 25.5. The van der Waals surface area contributed by atoms with Crippen LogP contribution >= 0.6 is 0 Å². The summed E-state index contributed by atoms with van der Waals surface area (Å²) in [5.41, 5.74) is 16.5. The van der Waals surface area contributed by atoms with Gasteiger partial charge < -0.3 is 21.5 Å². The Kier molecular flexibility index (Phi) is 8.39. The van der Waals surface area contributed by atoms with Gasteiger partial charge in [0, 0.05) is 11.6 Å². The molecule has 1 unspecified atom stereocenters. The molecule has 1 amide bonds. The highest BCUT2D eigenvalue weighted by Crippen LogP contribution is 2.31. The standard InChI is InChI=1S/C30H35N3O3/c1-36-30(35)26-18-24(14-15-27(26)32)23-8-5-9-25(17-23)28(16-20-6-3-2-4-7-20)33-29(34)22-12-10-21(19-31)11-13-22/h2-9,14-15,17-18,21-22,28H,10-13,16,19,31-32H2,1H3,(H,33,34). The van der Waals surface area contributed by atoms with E-state index in [2.05, 4.69) is 23.5 Å². The van der Waals surface area contributed by atoms with Gasteiger partial charge in [-0.2, -0.15) is 0 Å². The van der Waals surface area contributed by atoms with Gasteiger partial charge in [0.25, 0.3) is 0 Å². The minimum atomic E-state index is -0.468. The van der Waals surface area contributed by atoms with E-state index in [0.717, 1.165) is 47.9 Å². The molecule has 1 saturated carbocycles. The van der Waals surface area contributed by atoms with Crippen LogP contribution in [0.15, 0.2) is 72.8 Å². The number of carbonyl (C=O) groups excluding carboxylic acids is 2. The average Bonchev–Trinajstić information content (AvgIpc) is 2.93. The lowest BCUT2D eigenvalue weighted by Gasteiger charge is -2.29. The van der Waals surface area contributed by atoms with Crippen LogP contribution in [0.1, 0.15) is 53.2 Å². The lowest BCUT2D eigenvalue weighted by Crippen LogP contribution is -2.37. The fourth-order valence-electron chi connectivity index (χ4n) is 5.01. The molecule has 0 saturated heterocycles. The molecule has 0 spiro atoms. The van der Waals surface area contributed by atoms with Crippen LogP contribution in [-0.2, 0) is 16.0 Å². The molecule has 36 heavy (non-hydrogen) atoms. The van der Waals surface area contributed by atoms with E-state index in [-0.39, 0.29) is 17.9 Å². The van der Waals surface area contributed by atoms with Crippen LogP contribution in [0, 0.1) is 11.8 Å². The van der Waals surface area contributed by atoms with Gasteiger partial charge in [-0.15, -0.1) is 0 Å². The molecule has 6 nitrogen and oxygen atoms in total. The van der Waals surface area contributed by atoms with Gasteiger partial charge in [-0.05, 0) is 85.0 Å². The van der Waals surface area contributed by atoms with Gasteiger partial charge in [0.2, 0.25) is 5.91 Å². The number of hydrogen-bond donors (Lipinski definition) is 3. The number of benzene rings is 3. The quantitative estimate of drug-likeness (QED) is 0.311. The van der Waals surface area contributed by atoms with E-state index in [0.29, 0.717) is 30.1 Å². The summed E-state index contributed by atoms with van der Waals surface area (Å²) in [6.07, 6.45) is 4.46. The van der Waals surface area contributed by atoms with Crippen molar-refractivity contribution in [1.29, 1.82) is 0 Å². The van der Waals surface area contributed by atoms with Gasteiger partial charge in [-0.25, -0.2) is 4.79 Å². The smallest absolute Gasteiger partial charge is 0.339 e. The van der Waals surface area contributed by atoms with Crippen LogP contribution in [0.3, 0.4) is 0 Å². The molecule has 0 bridgehead atoms.